The van der Waals surface area contributed by atoms with Crippen molar-refractivity contribution in [3.8, 4) is 5.75 Å². The van der Waals surface area contributed by atoms with Crippen molar-refractivity contribution in [3.05, 3.63) is 95.1 Å². The van der Waals surface area contributed by atoms with Gasteiger partial charge in [-0.2, -0.15) is 0 Å². The predicted molar refractivity (Wildman–Crippen MR) is 128 cm³/mol. The Kier molecular flexibility index (Phi) is 7.20. The van der Waals surface area contributed by atoms with Crippen molar-refractivity contribution in [2.75, 3.05) is 17.7 Å². The molecule has 168 valence electrons. The van der Waals surface area contributed by atoms with Crippen LogP contribution in [0.25, 0.3) is 0 Å². The van der Waals surface area contributed by atoms with E-state index in [-0.39, 0.29) is 18.5 Å². The fourth-order valence-corrected chi connectivity index (χ4v) is 4.31. The first-order valence-corrected chi connectivity index (χ1v) is 12.1. The molecule has 0 aliphatic heterocycles. The number of benzene rings is 3. The third-order valence-corrected chi connectivity index (χ3v) is 6.36. The van der Waals surface area contributed by atoms with E-state index in [0.717, 1.165) is 16.7 Å². The monoisotopic (exact) mass is 452 g/mol. The second-order valence-electron chi connectivity index (χ2n) is 7.74. The fourth-order valence-electron chi connectivity index (χ4n) is 3.42. The molecule has 1 atom stereocenters. The van der Waals surface area contributed by atoms with E-state index in [1.54, 1.807) is 31.4 Å². The molecule has 0 aliphatic rings. The minimum Gasteiger partial charge on any atom is -0.496 e. The molecule has 0 heterocycles. The van der Waals surface area contributed by atoms with E-state index in [1.165, 1.54) is 10.6 Å². The van der Waals surface area contributed by atoms with Gasteiger partial charge in [0.25, 0.3) is 5.91 Å². The highest BCUT2D eigenvalue weighted by molar-refractivity contribution is 7.92. The Balaban J connectivity index is 1.77. The van der Waals surface area contributed by atoms with Crippen LogP contribution in [0.4, 0.5) is 5.69 Å². The molecule has 32 heavy (non-hydrogen) atoms. The van der Waals surface area contributed by atoms with Crippen molar-refractivity contribution in [1.29, 1.82) is 0 Å². The van der Waals surface area contributed by atoms with E-state index in [9.17, 15) is 13.2 Å². The number of methoxy groups -OCH3 is 1. The summed E-state index contributed by atoms with van der Waals surface area (Å²) in [5.74, 6) is 0.454. The summed E-state index contributed by atoms with van der Waals surface area (Å²) >= 11 is 0. The summed E-state index contributed by atoms with van der Waals surface area (Å²) in [6.45, 7) is 4.09. The molecular formula is C25H28N2O4S. The van der Waals surface area contributed by atoms with Gasteiger partial charge >= 0.3 is 0 Å². The lowest BCUT2D eigenvalue weighted by molar-refractivity contribution is 0.0939. The average molecular weight is 453 g/mol. The minimum absolute atomic E-state index is 0.218. The van der Waals surface area contributed by atoms with Gasteiger partial charge in [0.1, 0.15) is 5.75 Å². The molecule has 0 aromatic heterocycles. The SMILES string of the molecule is COc1ccccc1[C@@H](C)NC(=O)c1ccc(N(Cc2ccc(C)cc2)S(C)(=O)=O)cc1. The van der Waals surface area contributed by atoms with Crippen molar-refractivity contribution in [1.82, 2.24) is 5.32 Å². The molecule has 0 unspecified atom stereocenters. The number of rotatable bonds is 8. The van der Waals surface area contributed by atoms with Gasteiger partial charge in [-0.15, -0.1) is 0 Å². The highest BCUT2D eigenvalue weighted by Crippen LogP contribution is 2.25. The van der Waals surface area contributed by atoms with Crippen LogP contribution in [0, 0.1) is 6.92 Å². The summed E-state index contributed by atoms with van der Waals surface area (Å²) in [5.41, 5.74) is 3.81. The van der Waals surface area contributed by atoms with Crippen LogP contribution >= 0.6 is 0 Å². The van der Waals surface area contributed by atoms with Crippen molar-refractivity contribution in [2.24, 2.45) is 0 Å². The zero-order chi connectivity index (χ0) is 23.3. The molecule has 3 aromatic carbocycles. The second-order valence-corrected chi connectivity index (χ2v) is 9.65. The number of ether oxygens (including phenoxy) is 1. The molecular weight excluding hydrogens is 424 g/mol. The van der Waals surface area contributed by atoms with Gasteiger partial charge in [0, 0.05) is 11.1 Å². The van der Waals surface area contributed by atoms with Gasteiger partial charge in [0.05, 0.1) is 31.6 Å². The summed E-state index contributed by atoms with van der Waals surface area (Å²) in [6.07, 6.45) is 1.18. The number of para-hydroxylation sites is 1. The highest BCUT2D eigenvalue weighted by Gasteiger charge is 2.19. The number of hydrogen-bond donors (Lipinski definition) is 1. The van der Waals surface area contributed by atoms with Gasteiger partial charge in [-0.1, -0.05) is 48.0 Å². The number of hydrogen-bond acceptors (Lipinski definition) is 4. The maximum atomic E-state index is 12.7. The van der Waals surface area contributed by atoms with Crippen molar-refractivity contribution in [2.45, 2.75) is 26.4 Å². The van der Waals surface area contributed by atoms with Crippen LogP contribution in [0.15, 0.2) is 72.8 Å². The lowest BCUT2D eigenvalue weighted by Gasteiger charge is -2.23. The Morgan fingerprint density at radius 3 is 2.22 bits per heavy atom. The quantitative estimate of drug-likeness (QED) is 0.548. The lowest BCUT2D eigenvalue weighted by Crippen LogP contribution is -2.29. The molecule has 1 amide bonds. The van der Waals surface area contributed by atoms with E-state index in [4.69, 9.17) is 4.74 Å². The molecule has 0 bridgehead atoms. The largest absolute Gasteiger partial charge is 0.496 e. The summed E-state index contributed by atoms with van der Waals surface area (Å²) in [6, 6.07) is 21.6. The molecule has 3 aromatic rings. The Hall–Kier alpha value is -3.32. The number of nitrogens with one attached hydrogen (secondary N) is 1. The summed E-state index contributed by atoms with van der Waals surface area (Å²) in [7, 11) is -1.91. The standard InChI is InChI=1S/C25H28N2O4S/c1-18-9-11-20(12-10-18)17-27(32(4,29)30)22-15-13-21(14-16-22)25(28)26-19(2)23-7-5-6-8-24(23)31-3/h5-16,19H,17H2,1-4H3,(H,26,28)/t19-/m1/s1. The van der Waals surface area contributed by atoms with Crippen molar-refractivity contribution >= 4 is 21.6 Å². The van der Waals surface area contributed by atoms with Crippen molar-refractivity contribution < 1.29 is 17.9 Å². The van der Waals surface area contributed by atoms with E-state index in [2.05, 4.69) is 5.32 Å². The molecule has 0 spiro atoms. The predicted octanol–water partition coefficient (Wildman–Crippen LogP) is 4.46. The molecule has 0 saturated heterocycles. The Labute approximate surface area is 189 Å². The van der Waals surface area contributed by atoms with Crippen LogP contribution < -0.4 is 14.4 Å². The molecule has 0 aliphatic carbocycles. The van der Waals surface area contributed by atoms with E-state index in [1.807, 2.05) is 62.4 Å². The fraction of sp³-hybridized carbons (Fsp3) is 0.240. The Bertz CT molecular complexity index is 1170. The van der Waals surface area contributed by atoms with E-state index < -0.39 is 10.0 Å². The molecule has 6 nitrogen and oxygen atoms in total. The van der Waals surface area contributed by atoms with Crippen LogP contribution in [0.3, 0.4) is 0 Å². The first kappa shape index (κ1) is 23.3. The van der Waals surface area contributed by atoms with Crippen LogP contribution in [0.2, 0.25) is 0 Å². The maximum Gasteiger partial charge on any atom is 0.251 e. The molecule has 0 radical (unpaired) electrons. The number of aryl methyl sites for hydroxylation is 1. The first-order chi connectivity index (χ1) is 15.2. The summed E-state index contributed by atoms with van der Waals surface area (Å²) in [5, 5.41) is 2.96. The van der Waals surface area contributed by atoms with Gasteiger partial charge in [0.2, 0.25) is 10.0 Å². The zero-order valence-corrected chi connectivity index (χ0v) is 19.5. The Morgan fingerprint density at radius 2 is 1.62 bits per heavy atom. The highest BCUT2D eigenvalue weighted by atomic mass is 32.2. The van der Waals surface area contributed by atoms with Gasteiger partial charge in [-0.25, -0.2) is 8.42 Å². The normalized spacial score (nSPS) is 12.1. The van der Waals surface area contributed by atoms with Gasteiger partial charge in [-0.3, -0.25) is 9.10 Å². The van der Waals surface area contributed by atoms with Gasteiger partial charge in [-0.05, 0) is 49.7 Å². The van der Waals surface area contributed by atoms with Crippen LogP contribution in [0.1, 0.15) is 40.0 Å². The molecule has 0 fully saturated rings. The molecule has 1 N–H and O–H groups in total. The Morgan fingerprint density at radius 1 is 1.00 bits per heavy atom. The van der Waals surface area contributed by atoms with Crippen LogP contribution in [-0.4, -0.2) is 27.7 Å². The number of nitrogens with zero attached hydrogens (tertiary/aromatic N) is 1. The van der Waals surface area contributed by atoms with Crippen molar-refractivity contribution in [3.63, 3.8) is 0 Å². The second kappa shape index (κ2) is 9.87. The van der Waals surface area contributed by atoms with Crippen LogP contribution in [-0.2, 0) is 16.6 Å². The molecule has 0 saturated carbocycles. The summed E-state index contributed by atoms with van der Waals surface area (Å²) < 4.78 is 31.5. The van der Waals surface area contributed by atoms with Gasteiger partial charge in [0.15, 0.2) is 0 Å². The third-order valence-electron chi connectivity index (χ3n) is 5.22. The maximum absolute atomic E-state index is 12.7. The lowest BCUT2D eigenvalue weighted by atomic mass is 10.1. The zero-order valence-electron chi connectivity index (χ0n) is 18.7. The number of sulfonamides is 1. The number of amides is 1. The molecule has 7 heteroatoms. The number of anilines is 1. The van der Waals surface area contributed by atoms with Gasteiger partial charge < -0.3 is 10.1 Å². The van der Waals surface area contributed by atoms with E-state index in [0.29, 0.717) is 17.0 Å². The number of carbonyl (C=O) groups is 1. The minimum atomic E-state index is -3.50. The first-order valence-electron chi connectivity index (χ1n) is 10.3. The number of carbonyl (C=O) groups excluding carboxylic acids is 1. The topological polar surface area (TPSA) is 75.7 Å². The van der Waals surface area contributed by atoms with E-state index >= 15 is 0 Å². The smallest absolute Gasteiger partial charge is 0.251 e. The molecule has 3 rings (SSSR count). The summed E-state index contributed by atoms with van der Waals surface area (Å²) in [4.78, 5) is 12.7. The van der Waals surface area contributed by atoms with Crippen LogP contribution in [0.5, 0.6) is 5.75 Å². The average Bonchev–Trinajstić information content (AvgIpc) is 2.78. The third kappa shape index (κ3) is 5.68.